The lowest BCUT2D eigenvalue weighted by Crippen LogP contribution is -2.46. The molecule has 1 fully saturated rings. The number of aliphatic hydroxyl groups excluding tert-OH is 1. The molecular weight excluding hydrogens is 270 g/mol. The minimum Gasteiger partial charge on any atom is -0.454 e. The summed E-state index contributed by atoms with van der Waals surface area (Å²) in [6, 6.07) is 5.85. The van der Waals surface area contributed by atoms with Gasteiger partial charge in [0.05, 0.1) is 19.3 Å². The Balaban J connectivity index is 1.62. The van der Waals surface area contributed by atoms with Crippen molar-refractivity contribution in [2.75, 3.05) is 33.1 Å². The standard InChI is InChI=1S/C16H21NO4/c1-12(17-6-8-19-9-7-17)14(18)4-2-13-3-5-15-16(10-13)21-11-20-15/h2-5,10,12,14,18H,6-9,11H2,1H3/b4-2-. The van der Waals surface area contributed by atoms with Crippen LogP contribution in [0.3, 0.4) is 0 Å². The van der Waals surface area contributed by atoms with Crippen LogP contribution in [0.2, 0.25) is 0 Å². The second kappa shape index (κ2) is 6.47. The van der Waals surface area contributed by atoms with E-state index in [2.05, 4.69) is 4.90 Å². The molecule has 0 spiro atoms. The lowest BCUT2D eigenvalue weighted by Gasteiger charge is -2.34. The molecule has 0 aliphatic carbocycles. The molecule has 21 heavy (non-hydrogen) atoms. The van der Waals surface area contributed by atoms with E-state index in [9.17, 15) is 5.11 Å². The van der Waals surface area contributed by atoms with E-state index >= 15 is 0 Å². The molecule has 1 saturated heterocycles. The van der Waals surface area contributed by atoms with Gasteiger partial charge in [-0.1, -0.05) is 18.2 Å². The van der Waals surface area contributed by atoms with Crippen molar-refractivity contribution in [3.8, 4) is 11.5 Å². The number of ether oxygens (including phenoxy) is 3. The third-order valence-electron chi connectivity index (χ3n) is 4.00. The summed E-state index contributed by atoms with van der Waals surface area (Å²) in [6.07, 6.45) is 3.25. The highest BCUT2D eigenvalue weighted by Crippen LogP contribution is 2.32. The maximum absolute atomic E-state index is 10.3. The molecule has 1 aromatic rings. The Morgan fingerprint density at radius 2 is 1.95 bits per heavy atom. The maximum Gasteiger partial charge on any atom is 0.231 e. The lowest BCUT2D eigenvalue weighted by atomic mass is 10.1. The van der Waals surface area contributed by atoms with E-state index in [1.165, 1.54) is 0 Å². The number of hydrogen-bond acceptors (Lipinski definition) is 5. The fraction of sp³-hybridized carbons (Fsp3) is 0.500. The van der Waals surface area contributed by atoms with Crippen LogP contribution in [0.5, 0.6) is 11.5 Å². The van der Waals surface area contributed by atoms with Crippen LogP contribution in [0.4, 0.5) is 0 Å². The first-order valence-corrected chi connectivity index (χ1v) is 7.32. The summed E-state index contributed by atoms with van der Waals surface area (Å²) in [5.74, 6) is 1.53. The molecule has 0 bridgehead atoms. The highest BCUT2D eigenvalue weighted by molar-refractivity contribution is 5.56. The van der Waals surface area contributed by atoms with Crippen LogP contribution in [-0.4, -0.2) is 55.2 Å². The minimum atomic E-state index is -0.506. The average molecular weight is 291 g/mol. The van der Waals surface area contributed by atoms with Gasteiger partial charge in [0.1, 0.15) is 0 Å². The minimum absolute atomic E-state index is 0.0826. The normalized spacial score (nSPS) is 21.6. The van der Waals surface area contributed by atoms with E-state index in [0.717, 1.165) is 43.4 Å². The largest absolute Gasteiger partial charge is 0.454 e. The summed E-state index contributed by atoms with van der Waals surface area (Å²) < 4.78 is 16.0. The molecule has 114 valence electrons. The molecule has 0 aromatic heterocycles. The first kappa shape index (κ1) is 14.4. The zero-order valence-electron chi connectivity index (χ0n) is 12.2. The third-order valence-corrected chi connectivity index (χ3v) is 4.00. The van der Waals surface area contributed by atoms with Gasteiger partial charge in [-0.3, -0.25) is 4.90 Å². The van der Waals surface area contributed by atoms with E-state index in [4.69, 9.17) is 14.2 Å². The SMILES string of the molecule is CC(C(O)/C=C\c1ccc2c(c1)OCO2)N1CCOCC1. The molecule has 3 rings (SSSR count). The zero-order valence-corrected chi connectivity index (χ0v) is 12.2. The molecule has 2 aliphatic heterocycles. The van der Waals surface area contributed by atoms with Crippen molar-refractivity contribution >= 4 is 6.08 Å². The molecule has 5 nitrogen and oxygen atoms in total. The van der Waals surface area contributed by atoms with Crippen molar-refractivity contribution in [1.82, 2.24) is 4.90 Å². The topological polar surface area (TPSA) is 51.2 Å². The summed E-state index contributed by atoms with van der Waals surface area (Å²) >= 11 is 0. The van der Waals surface area contributed by atoms with Crippen LogP contribution in [0, 0.1) is 0 Å². The summed E-state index contributed by atoms with van der Waals surface area (Å²) in [4.78, 5) is 2.25. The molecule has 2 atom stereocenters. The number of aliphatic hydroxyl groups is 1. The van der Waals surface area contributed by atoms with Crippen LogP contribution < -0.4 is 9.47 Å². The molecule has 1 N–H and O–H groups in total. The molecule has 2 unspecified atom stereocenters. The molecule has 5 heteroatoms. The van der Waals surface area contributed by atoms with Gasteiger partial charge in [0.15, 0.2) is 11.5 Å². The number of hydrogen-bond donors (Lipinski definition) is 1. The van der Waals surface area contributed by atoms with Crippen molar-refractivity contribution in [2.24, 2.45) is 0 Å². The van der Waals surface area contributed by atoms with E-state index in [1.807, 2.05) is 37.3 Å². The maximum atomic E-state index is 10.3. The van der Waals surface area contributed by atoms with Gasteiger partial charge in [-0.15, -0.1) is 0 Å². The summed E-state index contributed by atoms with van der Waals surface area (Å²) in [5, 5.41) is 10.3. The van der Waals surface area contributed by atoms with Crippen molar-refractivity contribution < 1.29 is 19.3 Å². The lowest BCUT2D eigenvalue weighted by molar-refractivity contribution is -0.00489. The second-order valence-electron chi connectivity index (χ2n) is 5.35. The molecule has 0 amide bonds. The van der Waals surface area contributed by atoms with Gasteiger partial charge in [0.2, 0.25) is 6.79 Å². The van der Waals surface area contributed by atoms with Crippen molar-refractivity contribution in [3.63, 3.8) is 0 Å². The number of nitrogens with zero attached hydrogens (tertiary/aromatic N) is 1. The Morgan fingerprint density at radius 3 is 2.76 bits per heavy atom. The van der Waals surface area contributed by atoms with Crippen LogP contribution >= 0.6 is 0 Å². The number of rotatable bonds is 4. The van der Waals surface area contributed by atoms with Crippen molar-refractivity contribution in [3.05, 3.63) is 29.8 Å². The monoisotopic (exact) mass is 291 g/mol. The molecule has 0 saturated carbocycles. The zero-order chi connectivity index (χ0) is 14.7. The molecule has 0 radical (unpaired) electrons. The first-order chi connectivity index (χ1) is 10.2. The fourth-order valence-electron chi connectivity index (χ4n) is 2.59. The molecule has 1 aromatic carbocycles. The van der Waals surface area contributed by atoms with Crippen LogP contribution in [-0.2, 0) is 4.74 Å². The van der Waals surface area contributed by atoms with Gasteiger partial charge in [0, 0.05) is 19.1 Å². The van der Waals surface area contributed by atoms with Crippen molar-refractivity contribution in [1.29, 1.82) is 0 Å². The van der Waals surface area contributed by atoms with Crippen LogP contribution in [0.25, 0.3) is 6.08 Å². The predicted molar refractivity (Wildman–Crippen MR) is 79.5 cm³/mol. The van der Waals surface area contributed by atoms with Gasteiger partial charge in [-0.05, 0) is 24.6 Å². The number of morpholine rings is 1. The molecule has 2 heterocycles. The van der Waals surface area contributed by atoms with E-state index in [1.54, 1.807) is 0 Å². The number of benzene rings is 1. The molecular formula is C16H21NO4. The Morgan fingerprint density at radius 1 is 1.19 bits per heavy atom. The van der Waals surface area contributed by atoms with Gasteiger partial charge < -0.3 is 19.3 Å². The van der Waals surface area contributed by atoms with Gasteiger partial charge >= 0.3 is 0 Å². The highest BCUT2D eigenvalue weighted by Gasteiger charge is 2.21. The summed E-state index contributed by atoms with van der Waals surface area (Å²) in [6.45, 7) is 5.54. The predicted octanol–water partition coefficient (Wildman–Crippen LogP) is 1.51. The Labute approximate surface area is 124 Å². The Bertz CT molecular complexity index is 511. The summed E-state index contributed by atoms with van der Waals surface area (Å²) in [5.41, 5.74) is 0.993. The Kier molecular flexibility index (Phi) is 4.43. The van der Waals surface area contributed by atoms with Crippen molar-refractivity contribution in [2.45, 2.75) is 19.1 Å². The van der Waals surface area contributed by atoms with Gasteiger partial charge in [-0.25, -0.2) is 0 Å². The van der Waals surface area contributed by atoms with Crippen LogP contribution in [0.15, 0.2) is 24.3 Å². The highest BCUT2D eigenvalue weighted by atomic mass is 16.7. The smallest absolute Gasteiger partial charge is 0.231 e. The number of fused-ring (bicyclic) bond motifs is 1. The van der Waals surface area contributed by atoms with E-state index < -0.39 is 6.10 Å². The van der Waals surface area contributed by atoms with Gasteiger partial charge in [0.25, 0.3) is 0 Å². The second-order valence-corrected chi connectivity index (χ2v) is 5.35. The first-order valence-electron chi connectivity index (χ1n) is 7.32. The van der Waals surface area contributed by atoms with Crippen LogP contribution in [0.1, 0.15) is 12.5 Å². The van der Waals surface area contributed by atoms with E-state index in [0.29, 0.717) is 0 Å². The average Bonchev–Trinajstić information content (AvgIpc) is 3.00. The third kappa shape index (κ3) is 3.37. The van der Waals surface area contributed by atoms with Gasteiger partial charge in [-0.2, -0.15) is 0 Å². The summed E-state index contributed by atoms with van der Waals surface area (Å²) in [7, 11) is 0. The van der Waals surface area contributed by atoms with E-state index in [-0.39, 0.29) is 12.8 Å². The quantitative estimate of drug-likeness (QED) is 0.911. The fourth-order valence-corrected chi connectivity index (χ4v) is 2.59. The Hall–Kier alpha value is -1.56. The molecule has 2 aliphatic rings.